The maximum absolute atomic E-state index is 13.6. The summed E-state index contributed by atoms with van der Waals surface area (Å²) in [5.41, 5.74) is -0.888. The summed E-state index contributed by atoms with van der Waals surface area (Å²) in [5, 5.41) is 12.7. The number of hydrogen-bond acceptors (Lipinski definition) is 7. The van der Waals surface area contributed by atoms with Crippen molar-refractivity contribution in [2.75, 3.05) is 39.2 Å². The van der Waals surface area contributed by atoms with E-state index < -0.39 is 36.2 Å². The van der Waals surface area contributed by atoms with Gasteiger partial charge in [0.2, 0.25) is 11.8 Å². The molecule has 2 N–H and O–H groups in total. The molecule has 0 atom stereocenters. The highest BCUT2D eigenvalue weighted by Crippen LogP contribution is 2.36. The number of methoxy groups -OCH3 is 2. The number of anilines is 1. The van der Waals surface area contributed by atoms with Crippen molar-refractivity contribution in [1.82, 2.24) is 14.0 Å². The van der Waals surface area contributed by atoms with Gasteiger partial charge < -0.3 is 24.8 Å². The van der Waals surface area contributed by atoms with Gasteiger partial charge >= 0.3 is 5.69 Å². The molecule has 0 bridgehead atoms. The number of carbonyl (C=O) groups excluding carboxylic acids is 2. The molecule has 2 amide bonds. The third kappa shape index (κ3) is 6.91. The molecule has 12 heteroatoms. The molecule has 41 heavy (non-hydrogen) atoms. The number of carbonyl (C=O) groups is 2. The summed E-state index contributed by atoms with van der Waals surface area (Å²) in [6.45, 7) is -0.596. The lowest BCUT2D eigenvalue weighted by molar-refractivity contribution is -0.133. The Morgan fingerprint density at radius 2 is 1.73 bits per heavy atom. The zero-order valence-electron chi connectivity index (χ0n) is 23.2. The van der Waals surface area contributed by atoms with Gasteiger partial charge in [-0.15, -0.1) is 0 Å². The molecule has 4 rings (SSSR count). The number of para-hydroxylation sites is 1. The summed E-state index contributed by atoms with van der Waals surface area (Å²) in [5.74, 6) is -0.0369. The second-order valence-electron chi connectivity index (χ2n) is 10.1. The third-order valence-electron chi connectivity index (χ3n) is 7.40. The van der Waals surface area contributed by atoms with Crippen LogP contribution in [0, 0.1) is 5.92 Å². The number of nitrogens with one attached hydrogen (secondary N) is 1. The Morgan fingerprint density at radius 1 is 1.02 bits per heavy atom. The standard InChI is InChI=1S/C29H35ClN4O7/c1-40-24-15-25(41-2)22(14-21(24)30)31-26(36)17-33-23-11-7-6-10-20(23)28(38)34(29(33)39)18-27(37)32(12-13-35)16-19-8-4-3-5-9-19/h6-7,10-11,14-15,19,35H,3-5,8-9,12-13,16-18H2,1-2H3,(H,31,36). The van der Waals surface area contributed by atoms with Crippen molar-refractivity contribution in [2.45, 2.75) is 45.2 Å². The molecule has 1 saturated carbocycles. The van der Waals surface area contributed by atoms with Crippen LogP contribution in [-0.4, -0.2) is 64.9 Å². The number of rotatable bonds is 11. The molecular weight excluding hydrogens is 552 g/mol. The number of aromatic nitrogens is 2. The highest BCUT2D eigenvalue weighted by Gasteiger charge is 2.24. The Kier molecular flexibility index (Phi) is 10.1. The van der Waals surface area contributed by atoms with Crippen LogP contribution < -0.4 is 26.0 Å². The SMILES string of the molecule is COc1cc(OC)c(NC(=O)Cn2c(=O)n(CC(=O)N(CCO)CC3CCCCC3)c(=O)c3ccccc32)cc1Cl. The maximum Gasteiger partial charge on any atom is 0.332 e. The van der Waals surface area contributed by atoms with Gasteiger partial charge in [0, 0.05) is 19.2 Å². The lowest BCUT2D eigenvalue weighted by Crippen LogP contribution is -2.47. The predicted octanol–water partition coefficient (Wildman–Crippen LogP) is 2.87. The van der Waals surface area contributed by atoms with E-state index >= 15 is 0 Å². The summed E-state index contributed by atoms with van der Waals surface area (Å²) in [6.07, 6.45) is 5.35. The summed E-state index contributed by atoms with van der Waals surface area (Å²) < 4.78 is 12.5. The van der Waals surface area contributed by atoms with Crippen LogP contribution >= 0.6 is 11.6 Å². The smallest absolute Gasteiger partial charge is 0.332 e. The Hall–Kier alpha value is -3.83. The van der Waals surface area contributed by atoms with Crippen LogP contribution in [0.25, 0.3) is 10.9 Å². The molecule has 0 saturated heterocycles. The van der Waals surface area contributed by atoms with E-state index in [-0.39, 0.29) is 34.8 Å². The van der Waals surface area contributed by atoms with E-state index in [0.29, 0.717) is 24.0 Å². The van der Waals surface area contributed by atoms with Crippen molar-refractivity contribution < 1.29 is 24.2 Å². The van der Waals surface area contributed by atoms with E-state index in [9.17, 15) is 24.3 Å². The van der Waals surface area contributed by atoms with Crippen LogP contribution in [0.15, 0.2) is 46.0 Å². The normalized spacial score (nSPS) is 13.7. The number of benzene rings is 2. The van der Waals surface area contributed by atoms with Crippen molar-refractivity contribution in [3.8, 4) is 11.5 Å². The van der Waals surface area contributed by atoms with E-state index in [1.54, 1.807) is 24.3 Å². The van der Waals surface area contributed by atoms with E-state index in [4.69, 9.17) is 21.1 Å². The van der Waals surface area contributed by atoms with E-state index in [2.05, 4.69) is 5.32 Å². The van der Waals surface area contributed by atoms with Gasteiger partial charge in [-0.25, -0.2) is 4.79 Å². The van der Waals surface area contributed by atoms with Crippen LogP contribution in [0.2, 0.25) is 5.02 Å². The average molecular weight is 587 g/mol. The molecule has 1 fully saturated rings. The van der Waals surface area contributed by atoms with Gasteiger partial charge in [-0.3, -0.25) is 23.5 Å². The summed E-state index contributed by atoms with van der Waals surface area (Å²) in [7, 11) is 2.88. The minimum absolute atomic E-state index is 0.112. The molecule has 1 heterocycles. The maximum atomic E-state index is 13.6. The van der Waals surface area contributed by atoms with Gasteiger partial charge in [-0.05, 0) is 37.0 Å². The fraction of sp³-hybridized carbons (Fsp3) is 0.448. The molecule has 1 aromatic heterocycles. The van der Waals surface area contributed by atoms with Gasteiger partial charge in [-0.2, -0.15) is 0 Å². The molecule has 1 aliphatic carbocycles. The van der Waals surface area contributed by atoms with Crippen molar-refractivity contribution in [3.05, 3.63) is 62.3 Å². The molecule has 220 valence electrons. The Labute approximate surface area is 242 Å². The topological polar surface area (TPSA) is 132 Å². The number of amides is 2. The van der Waals surface area contributed by atoms with Crippen molar-refractivity contribution in [2.24, 2.45) is 5.92 Å². The lowest BCUT2D eigenvalue weighted by Gasteiger charge is -2.29. The summed E-state index contributed by atoms with van der Waals surface area (Å²) >= 11 is 6.22. The number of halogens is 1. The minimum atomic E-state index is -0.793. The molecule has 0 spiro atoms. The molecule has 2 aromatic carbocycles. The Balaban J connectivity index is 1.64. The van der Waals surface area contributed by atoms with Gasteiger partial charge in [0.05, 0.1) is 42.4 Å². The van der Waals surface area contributed by atoms with Crippen LogP contribution in [0.1, 0.15) is 32.1 Å². The van der Waals surface area contributed by atoms with Crippen LogP contribution in [0.3, 0.4) is 0 Å². The molecule has 3 aromatic rings. The molecule has 0 aliphatic heterocycles. The van der Waals surface area contributed by atoms with E-state index in [1.807, 2.05) is 0 Å². The highest BCUT2D eigenvalue weighted by atomic mass is 35.5. The van der Waals surface area contributed by atoms with Gasteiger partial charge in [-0.1, -0.05) is 43.0 Å². The monoisotopic (exact) mass is 586 g/mol. The minimum Gasteiger partial charge on any atom is -0.495 e. The number of nitrogens with zero attached hydrogens (tertiary/aromatic N) is 3. The third-order valence-corrected chi connectivity index (χ3v) is 7.70. The first kappa shape index (κ1) is 30.1. The largest absolute Gasteiger partial charge is 0.495 e. The number of aliphatic hydroxyl groups is 1. The fourth-order valence-electron chi connectivity index (χ4n) is 5.31. The molecule has 1 aliphatic rings. The first-order valence-corrected chi connectivity index (χ1v) is 14.0. The number of ether oxygens (including phenoxy) is 2. The van der Waals surface area contributed by atoms with Crippen LogP contribution in [0.5, 0.6) is 11.5 Å². The second-order valence-corrected chi connectivity index (χ2v) is 10.5. The van der Waals surface area contributed by atoms with Crippen molar-refractivity contribution in [3.63, 3.8) is 0 Å². The number of fused-ring (bicyclic) bond motifs is 1. The summed E-state index contributed by atoms with van der Waals surface area (Å²) in [4.78, 5) is 55.0. The number of hydrogen-bond donors (Lipinski definition) is 2. The first-order chi connectivity index (χ1) is 19.8. The highest BCUT2D eigenvalue weighted by molar-refractivity contribution is 6.32. The van der Waals surface area contributed by atoms with Crippen molar-refractivity contribution >= 4 is 40.0 Å². The predicted molar refractivity (Wildman–Crippen MR) is 156 cm³/mol. The summed E-state index contributed by atoms with van der Waals surface area (Å²) in [6, 6.07) is 9.42. The van der Waals surface area contributed by atoms with E-state index in [1.165, 1.54) is 37.7 Å². The van der Waals surface area contributed by atoms with Crippen LogP contribution in [0.4, 0.5) is 5.69 Å². The fourth-order valence-corrected chi connectivity index (χ4v) is 5.55. The molecular formula is C29H35ClN4O7. The Bertz CT molecular complexity index is 1530. The van der Waals surface area contributed by atoms with Gasteiger partial charge in [0.25, 0.3) is 5.56 Å². The zero-order chi connectivity index (χ0) is 29.5. The first-order valence-electron chi connectivity index (χ1n) is 13.6. The lowest BCUT2D eigenvalue weighted by atomic mass is 9.89. The van der Waals surface area contributed by atoms with E-state index in [0.717, 1.165) is 34.8 Å². The van der Waals surface area contributed by atoms with Crippen molar-refractivity contribution in [1.29, 1.82) is 0 Å². The van der Waals surface area contributed by atoms with Gasteiger partial charge in [0.1, 0.15) is 24.6 Å². The average Bonchev–Trinajstić information content (AvgIpc) is 2.98. The van der Waals surface area contributed by atoms with Crippen LogP contribution in [-0.2, 0) is 22.7 Å². The Morgan fingerprint density at radius 3 is 2.41 bits per heavy atom. The number of aliphatic hydroxyl groups excluding tert-OH is 1. The van der Waals surface area contributed by atoms with Gasteiger partial charge in [0.15, 0.2) is 0 Å². The zero-order valence-corrected chi connectivity index (χ0v) is 24.0. The second kappa shape index (κ2) is 13.7. The molecule has 0 unspecified atom stereocenters. The molecule has 0 radical (unpaired) electrons. The quantitative estimate of drug-likeness (QED) is 0.353. The molecule has 11 nitrogen and oxygen atoms in total.